The highest BCUT2D eigenvalue weighted by molar-refractivity contribution is 5.99. The minimum absolute atomic E-state index is 0.0196. The second-order valence-electron chi connectivity index (χ2n) is 8.21. The number of aryl methyl sites for hydroxylation is 1. The van der Waals surface area contributed by atoms with Crippen molar-refractivity contribution >= 4 is 16.8 Å². The normalized spacial score (nSPS) is 25.8. The predicted molar refractivity (Wildman–Crippen MR) is 107 cm³/mol. The number of carbonyl (C=O) groups is 1. The van der Waals surface area contributed by atoms with Gasteiger partial charge in [-0.1, -0.05) is 6.92 Å². The number of H-pyrrole nitrogens is 1. The largest absolute Gasteiger partial charge is 0.357 e. The Balaban J connectivity index is 1.59. The number of benzene rings is 1. The van der Waals surface area contributed by atoms with Crippen LogP contribution in [0.2, 0.25) is 0 Å². The third kappa shape index (κ3) is 3.39. The Morgan fingerprint density at radius 2 is 2.00 bits per heavy atom. The van der Waals surface area contributed by atoms with Gasteiger partial charge in [0.15, 0.2) is 0 Å². The van der Waals surface area contributed by atoms with Crippen LogP contribution in [0.25, 0.3) is 10.9 Å². The van der Waals surface area contributed by atoms with Gasteiger partial charge in [-0.15, -0.1) is 0 Å². The standard InChI is InChI=1S/C22H31N3O/c1-3-23-22(26)15-9-12-19-18(13-15)17-5-4-6-20(21(17)25-19)24-16-10-7-14(2)8-11-16/h9,12-14,16,20,24-25H,3-8,10-11H2,1-2H3,(H,23,26). The minimum Gasteiger partial charge on any atom is -0.357 e. The molecular formula is C22H31N3O. The van der Waals surface area contributed by atoms with Gasteiger partial charge in [-0.2, -0.15) is 0 Å². The van der Waals surface area contributed by atoms with Gasteiger partial charge < -0.3 is 15.6 Å². The molecule has 0 spiro atoms. The molecule has 0 saturated heterocycles. The summed E-state index contributed by atoms with van der Waals surface area (Å²) in [7, 11) is 0. The maximum Gasteiger partial charge on any atom is 0.251 e. The second kappa shape index (κ2) is 7.43. The first kappa shape index (κ1) is 17.6. The predicted octanol–water partition coefficient (Wildman–Crippen LogP) is 4.46. The summed E-state index contributed by atoms with van der Waals surface area (Å²) in [4.78, 5) is 15.9. The Kier molecular flexibility index (Phi) is 5.03. The molecule has 1 fully saturated rings. The summed E-state index contributed by atoms with van der Waals surface area (Å²) in [5, 5.41) is 8.08. The maximum absolute atomic E-state index is 12.2. The van der Waals surface area contributed by atoms with Gasteiger partial charge in [0.1, 0.15) is 0 Å². The van der Waals surface area contributed by atoms with E-state index in [1.807, 2.05) is 13.0 Å². The molecule has 140 valence electrons. The van der Waals surface area contributed by atoms with Crippen molar-refractivity contribution < 1.29 is 4.79 Å². The molecule has 1 heterocycles. The molecule has 0 radical (unpaired) electrons. The number of hydrogen-bond acceptors (Lipinski definition) is 2. The summed E-state index contributed by atoms with van der Waals surface area (Å²) in [6.45, 7) is 4.99. The van der Waals surface area contributed by atoms with E-state index < -0.39 is 0 Å². The zero-order chi connectivity index (χ0) is 18.1. The topological polar surface area (TPSA) is 56.9 Å². The van der Waals surface area contributed by atoms with Crippen molar-refractivity contribution in [3.05, 3.63) is 35.0 Å². The summed E-state index contributed by atoms with van der Waals surface area (Å²) in [6, 6.07) is 7.15. The SMILES string of the molecule is CCNC(=O)c1ccc2[nH]c3c(c2c1)CCCC3NC1CCC(C)CC1. The Hall–Kier alpha value is -1.81. The second-order valence-corrected chi connectivity index (χ2v) is 8.21. The van der Waals surface area contributed by atoms with Crippen LogP contribution in [0.1, 0.15) is 80.0 Å². The van der Waals surface area contributed by atoms with Crippen molar-refractivity contribution in [3.8, 4) is 0 Å². The minimum atomic E-state index is 0.0196. The fourth-order valence-corrected chi connectivity index (χ4v) is 4.74. The lowest BCUT2D eigenvalue weighted by Crippen LogP contribution is -2.37. The van der Waals surface area contributed by atoms with Crippen molar-refractivity contribution in [3.63, 3.8) is 0 Å². The highest BCUT2D eigenvalue weighted by Gasteiger charge is 2.28. The van der Waals surface area contributed by atoms with E-state index in [1.165, 1.54) is 55.2 Å². The molecule has 1 amide bonds. The molecule has 0 bridgehead atoms. The monoisotopic (exact) mass is 353 g/mol. The van der Waals surface area contributed by atoms with Gasteiger partial charge in [0.05, 0.1) is 0 Å². The van der Waals surface area contributed by atoms with Crippen molar-refractivity contribution in [2.75, 3.05) is 6.54 Å². The molecule has 26 heavy (non-hydrogen) atoms. The molecule has 2 aliphatic carbocycles. The van der Waals surface area contributed by atoms with E-state index in [4.69, 9.17) is 0 Å². The molecule has 1 aromatic heterocycles. The molecular weight excluding hydrogens is 322 g/mol. The fraction of sp³-hybridized carbons (Fsp3) is 0.591. The molecule has 2 aromatic rings. The van der Waals surface area contributed by atoms with Crippen LogP contribution >= 0.6 is 0 Å². The van der Waals surface area contributed by atoms with Crippen LogP contribution < -0.4 is 10.6 Å². The summed E-state index contributed by atoms with van der Waals surface area (Å²) in [5.41, 5.74) is 4.70. The molecule has 1 saturated carbocycles. The number of carbonyl (C=O) groups excluding carboxylic acids is 1. The Labute approximate surface area is 156 Å². The van der Waals surface area contributed by atoms with Crippen LogP contribution in [0.3, 0.4) is 0 Å². The third-order valence-corrected chi connectivity index (χ3v) is 6.26. The van der Waals surface area contributed by atoms with Crippen LogP contribution in [-0.4, -0.2) is 23.5 Å². The van der Waals surface area contributed by atoms with Gasteiger partial charge >= 0.3 is 0 Å². The van der Waals surface area contributed by atoms with E-state index in [0.717, 1.165) is 23.4 Å². The van der Waals surface area contributed by atoms with Crippen LogP contribution in [0.5, 0.6) is 0 Å². The molecule has 2 aliphatic rings. The Bertz CT molecular complexity index is 786. The average molecular weight is 354 g/mol. The van der Waals surface area contributed by atoms with E-state index in [9.17, 15) is 4.79 Å². The van der Waals surface area contributed by atoms with Crippen LogP contribution in [0.15, 0.2) is 18.2 Å². The number of aromatic amines is 1. The molecule has 4 heteroatoms. The highest BCUT2D eigenvalue weighted by atomic mass is 16.1. The summed E-state index contributed by atoms with van der Waals surface area (Å²) < 4.78 is 0. The Morgan fingerprint density at radius 3 is 2.77 bits per heavy atom. The first-order valence-electron chi connectivity index (χ1n) is 10.3. The fourth-order valence-electron chi connectivity index (χ4n) is 4.74. The molecule has 0 aliphatic heterocycles. The zero-order valence-electron chi connectivity index (χ0n) is 16.0. The van der Waals surface area contributed by atoms with Crippen LogP contribution in [-0.2, 0) is 6.42 Å². The third-order valence-electron chi connectivity index (χ3n) is 6.26. The van der Waals surface area contributed by atoms with Crippen LogP contribution in [0, 0.1) is 5.92 Å². The summed E-state index contributed by atoms with van der Waals surface area (Å²) in [5.74, 6) is 0.905. The van der Waals surface area contributed by atoms with E-state index in [2.05, 4.69) is 34.7 Å². The van der Waals surface area contributed by atoms with Crippen molar-refractivity contribution in [1.29, 1.82) is 0 Å². The van der Waals surface area contributed by atoms with Gasteiger partial charge in [0.2, 0.25) is 0 Å². The van der Waals surface area contributed by atoms with E-state index in [1.54, 1.807) is 0 Å². The first-order valence-corrected chi connectivity index (χ1v) is 10.3. The molecule has 1 aromatic carbocycles. The molecule has 1 unspecified atom stereocenters. The van der Waals surface area contributed by atoms with E-state index >= 15 is 0 Å². The lowest BCUT2D eigenvalue weighted by atomic mass is 9.85. The average Bonchev–Trinajstić information content (AvgIpc) is 3.03. The highest BCUT2D eigenvalue weighted by Crippen LogP contribution is 2.36. The van der Waals surface area contributed by atoms with Gasteiger partial charge in [-0.3, -0.25) is 4.79 Å². The molecule has 1 atom stereocenters. The smallest absolute Gasteiger partial charge is 0.251 e. The van der Waals surface area contributed by atoms with Crippen LogP contribution in [0.4, 0.5) is 0 Å². The molecule has 4 rings (SSSR count). The first-order chi connectivity index (χ1) is 12.7. The van der Waals surface area contributed by atoms with Crippen molar-refractivity contribution in [2.24, 2.45) is 5.92 Å². The quantitative estimate of drug-likeness (QED) is 0.760. The van der Waals surface area contributed by atoms with Gasteiger partial charge in [0.25, 0.3) is 5.91 Å². The lowest BCUT2D eigenvalue weighted by molar-refractivity contribution is 0.0956. The summed E-state index contributed by atoms with van der Waals surface area (Å²) >= 11 is 0. The van der Waals surface area contributed by atoms with E-state index in [-0.39, 0.29) is 5.91 Å². The molecule has 3 N–H and O–H groups in total. The number of amides is 1. The van der Waals surface area contributed by atoms with Gasteiger partial charge in [-0.25, -0.2) is 0 Å². The van der Waals surface area contributed by atoms with E-state index in [0.29, 0.717) is 18.6 Å². The lowest BCUT2D eigenvalue weighted by Gasteiger charge is -2.32. The summed E-state index contributed by atoms with van der Waals surface area (Å²) in [6.07, 6.45) is 8.82. The van der Waals surface area contributed by atoms with Gasteiger partial charge in [-0.05, 0) is 81.5 Å². The van der Waals surface area contributed by atoms with Crippen molar-refractivity contribution in [1.82, 2.24) is 15.6 Å². The number of nitrogens with one attached hydrogen (secondary N) is 3. The number of fused-ring (bicyclic) bond motifs is 3. The van der Waals surface area contributed by atoms with Gasteiger partial charge in [0, 0.05) is 40.8 Å². The van der Waals surface area contributed by atoms with Crippen molar-refractivity contribution in [2.45, 2.75) is 70.9 Å². The number of aromatic nitrogens is 1. The number of rotatable bonds is 4. The molecule has 4 nitrogen and oxygen atoms in total. The Morgan fingerprint density at radius 1 is 1.19 bits per heavy atom. The zero-order valence-corrected chi connectivity index (χ0v) is 16.0. The number of hydrogen-bond donors (Lipinski definition) is 3. The maximum atomic E-state index is 12.2.